The molecule has 0 aliphatic heterocycles. The smallest absolute Gasteiger partial charge is 1.00 e. The molecule has 0 amide bonds. The van der Waals surface area contributed by atoms with Gasteiger partial charge in [0.1, 0.15) is 0 Å². The summed E-state index contributed by atoms with van der Waals surface area (Å²) < 4.78 is 0. The molecule has 0 aliphatic carbocycles. The molecule has 5 heteroatoms. The number of hydrogen-bond donors (Lipinski definition) is 1. The summed E-state index contributed by atoms with van der Waals surface area (Å²) >= 11 is 0. The van der Waals surface area contributed by atoms with Gasteiger partial charge in [-0.2, -0.15) is 0 Å². The van der Waals surface area contributed by atoms with E-state index in [0.717, 1.165) is 0 Å². The Balaban J connectivity index is -0.00000000667. The van der Waals surface area contributed by atoms with Gasteiger partial charge < -0.3 is 6.63 Å². The zero-order valence-electron chi connectivity index (χ0n) is 3.60. The van der Waals surface area contributed by atoms with E-state index in [0.29, 0.717) is 0 Å². The van der Waals surface area contributed by atoms with Crippen LogP contribution in [0.3, 0.4) is 0 Å². The van der Waals surface area contributed by atoms with E-state index in [1.165, 1.54) is 5.34 Å². The van der Waals surface area contributed by atoms with Crippen LogP contribution >= 0.6 is 0 Å². The van der Waals surface area contributed by atoms with E-state index in [-0.39, 0.29) is 53.4 Å². The second-order valence-electron chi connectivity index (χ2n) is 0.0816. The Hall–Kier alpha value is 1.14. The molecule has 0 atom stereocenters. The Morgan fingerprint density at radius 3 is 1.80 bits per heavy atom. The number of rotatable bonds is 0. The molecule has 0 bridgehead atoms. The van der Waals surface area contributed by atoms with Crippen LogP contribution in [-0.2, 0) is 22.4 Å². The monoisotopic (exact) mass is 178 g/mol. The minimum Gasteiger partial charge on any atom is -1.00 e. The first kappa shape index (κ1) is 16.5. The maximum absolute atomic E-state index is 8.11. The van der Waals surface area contributed by atoms with Crippen molar-refractivity contribution in [2.24, 2.45) is 5.34 Å². The molecular weight excluding hydrogens is 177 g/mol. The SMILES string of the molecule is O=NO.[Ag].[H-].[Na+]. The molecule has 0 fully saturated rings. The van der Waals surface area contributed by atoms with E-state index in [4.69, 9.17) is 10.1 Å². The molecule has 5 heavy (non-hydrogen) atoms. The van der Waals surface area contributed by atoms with Crippen LogP contribution in [0.2, 0.25) is 0 Å². The quantitative estimate of drug-likeness (QED) is 0.249. The van der Waals surface area contributed by atoms with Gasteiger partial charge in [0, 0.05) is 22.4 Å². The van der Waals surface area contributed by atoms with Crippen molar-refractivity contribution in [3.8, 4) is 0 Å². The van der Waals surface area contributed by atoms with Crippen molar-refractivity contribution in [2.45, 2.75) is 0 Å². The number of hydrogen-bond acceptors (Lipinski definition) is 2. The van der Waals surface area contributed by atoms with Gasteiger partial charge in [-0.25, -0.2) is 0 Å². The summed E-state index contributed by atoms with van der Waals surface area (Å²) in [5.74, 6) is 0. The fourth-order valence-corrected chi connectivity index (χ4v) is 0. The molecule has 0 heterocycles. The van der Waals surface area contributed by atoms with Crippen LogP contribution in [0.4, 0.5) is 0 Å². The molecular formula is H2AgNNaO2. The molecule has 0 aliphatic rings. The van der Waals surface area contributed by atoms with Crippen LogP contribution in [-0.4, -0.2) is 5.21 Å². The molecule has 0 saturated carbocycles. The molecule has 0 unspecified atom stereocenters. The third-order valence-electron chi connectivity index (χ3n) is 0. The van der Waals surface area contributed by atoms with Gasteiger partial charge in [-0.15, -0.1) is 4.91 Å². The second-order valence-corrected chi connectivity index (χ2v) is 0.0816. The first-order chi connectivity index (χ1) is 1.41. The largest absolute Gasteiger partial charge is 1.00 e. The molecule has 0 aromatic rings. The molecule has 0 spiro atoms. The van der Waals surface area contributed by atoms with E-state index in [1.807, 2.05) is 0 Å². The maximum atomic E-state index is 8.11. The number of nitrogens with zero attached hydrogens (tertiary/aromatic N) is 1. The maximum Gasteiger partial charge on any atom is 1.00 e. The Morgan fingerprint density at radius 2 is 1.80 bits per heavy atom. The average molecular weight is 179 g/mol. The molecule has 3 nitrogen and oxygen atoms in total. The van der Waals surface area contributed by atoms with E-state index < -0.39 is 0 Å². The van der Waals surface area contributed by atoms with Crippen molar-refractivity contribution in [1.29, 1.82) is 0 Å². The van der Waals surface area contributed by atoms with Crippen molar-refractivity contribution in [3.63, 3.8) is 0 Å². The molecule has 1 radical (unpaired) electrons. The van der Waals surface area contributed by atoms with Crippen LogP contribution in [0.15, 0.2) is 5.34 Å². The zero-order valence-corrected chi connectivity index (χ0v) is 6.09. The van der Waals surface area contributed by atoms with Crippen LogP contribution in [0, 0.1) is 4.91 Å². The minimum absolute atomic E-state index is 0. The normalized spacial score (nSPS) is 2.40. The molecule has 0 rings (SSSR count). The van der Waals surface area contributed by atoms with Gasteiger partial charge in [0.2, 0.25) is 0 Å². The van der Waals surface area contributed by atoms with Gasteiger partial charge in [0.25, 0.3) is 0 Å². The minimum atomic E-state index is 0. The van der Waals surface area contributed by atoms with E-state index in [9.17, 15) is 0 Å². The van der Waals surface area contributed by atoms with Gasteiger partial charge >= 0.3 is 29.6 Å². The van der Waals surface area contributed by atoms with Crippen molar-refractivity contribution in [2.75, 3.05) is 0 Å². The fraction of sp³-hybridized carbons (Fsp3) is 0. The molecule has 0 saturated heterocycles. The van der Waals surface area contributed by atoms with Crippen molar-refractivity contribution >= 4 is 0 Å². The summed E-state index contributed by atoms with van der Waals surface area (Å²) in [6, 6.07) is 0. The fourth-order valence-electron chi connectivity index (χ4n) is 0. The third kappa shape index (κ3) is 39.0. The molecule has 0 aromatic carbocycles. The van der Waals surface area contributed by atoms with Crippen molar-refractivity contribution in [3.05, 3.63) is 4.91 Å². The van der Waals surface area contributed by atoms with Crippen LogP contribution in [0.1, 0.15) is 1.43 Å². The topological polar surface area (TPSA) is 49.7 Å². The standard InChI is InChI=1S/Ag.HNO2.Na.H/c;2-1-3;;/h;(H,2,3);;/q;;+1;-1. The van der Waals surface area contributed by atoms with Gasteiger partial charge in [-0.1, -0.05) is 0 Å². The van der Waals surface area contributed by atoms with E-state index in [2.05, 4.69) is 0 Å². The predicted octanol–water partition coefficient (Wildman–Crippen LogP) is -2.74. The Morgan fingerprint density at radius 1 is 1.80 bits per heavy atom. The van der Waals surface area contributed by atoms with E-state index in [1.54, 1.807) is 0 Å². The van der Waals surface area contributed by atoms with E-state index >= 15 is 0 Å². The zero-order chi connectivity index (χ0) is 2.71. The molecule has 31 valence electrons. The summed E-state index contributed by atoms with van der Waals surface area (Å²) in [6.45, 7) is 0. The first-order valence-corrected chi connectivity index (χ1v) is 0.383. The Kier molecular flexibility index (Phi) is 63.3. The van der Waals surface area contributed by atoms with Crippen LogP contribution in [0.5, 0.6) is 0 Å². The Bertz CT molecular complexity index is 21.0. The van der Waals surface area contributed by atoms with Gasteiger partial charge in [0.05, 0.1) is 0 Å². The van der Waals surface area contributed by atoms with Crippen molar-refractivity contribution in [1.82, 2.24) is 0 Å². The Labute approximate surface area is 68.3 Å². The van der Waals surface area contributed by atoms with Gasteiger partial charge in [-0.3, -0.25) is 0 Å². The van der Waals surface area contributed by atoms with Crippen molar-refractivity contribution < 1.29 is 58.6 Å². The van der Waals surface area contributed by atoms with Gasteiger partial charge in [0.15, 0.2) is 5.34 Å². The summed E-state index contributed by atoms with van der Waals surface area (Å²) in [5.41, 5.74) is 0. The summed E-state index contributed by atoms with van der Waals surface area (Å²) in [7, 11) is 0. The average Bonchev–Trinajstić information content (AvgIpc) is 0.918. The molecule has 1 N–H and O–H groups in total. The third-order valence-corrected chi connectivity index (χ3v) is 0. The first-order valence-electron chi connectivity index (χ1n) is 0.383. The summed E-state index contributed by atoms with van der Waals surface area (Å²) in [4.78, 5) is 8.11. The summed E-state index contributed by atoms with van der Waals surface area (Å²) in [6.07, 6.45) is 0. The molecule has 0 aromatic heterocycles. The van der Waals surface area contributed by atoms with Gasteiger partial charge in [-0.05, 0) is 0 Å². The van der Waals surface area contributed by atoms with Crippen LogP contribution in [0.25, 0.3) is 0 Å². The van der Waals surface area contributed by atoms with Crippen LogP contribution < -0.4 is 29.6 Å². The summed E-state index contributed by atoms with van der Waals surface area (Å²) in [5, 5.41) is 7.89. The second kappa shape index (κ2) is 19.2. The predicted molar refractivity (Wildman–Crippen MR) is 8.69 cm³/mol.